The van der Waals surface area contributed by atoms with Crippen LogP contribution in [0.2, 0.25) is 0 Å². The predicted molar refractivity (Wildman–Crippen MR) is 221 cm³/mol. The molecule has 4 heterocycles. The Kier molecular flexibility index (Phi) is 5.65. The van der Waals surface area contributed by atoms with Gasteiger partial charge >= 0.3 is 0 Å². The molecular formula is C48H28N2OS. The lowest BCUT2D eigenvalue weighted by Gasteiger charge is -2.12. The van der Waals surface area contributed by atoms with Gasteiger partial charge in [0.1, 0.15) is 11.2 Å². The molecule has 0 saturated carbocycles. The second kappa shape index (κ2) is 10.5. The van der Waals surface area contributed by atoms with Crippen LogP contribution in [0.5, 0.6) is 0 Å². The van der Waals surface area contributed by atoms with Gasteiger partial charge in [-0.1, -0.05) is 91.0 Å². The first kappa shape index (κ1) is 28.1. The minimum Gasteiger partial charge on any atom is -0.455 e. The summed E-state index contributed by atoms with van der Waals surface area (Å²) >= 11 is 1.86. The maximum atomic E-state index is 6.74. The average molecular weight is 681 g/mol. The molecule has 0 N–H and O–H groups in total. The third-order valence-electron chi connectivity index (χ3n) is 10.9. The molecule has 0 radical (unpaired) electrons. The lowest BCUT2D eigenvalue weighted by atomic mass is 10.0. The lowest BCUT2D eigenvalue weighted by molar-refractivity contribution is 0.673. The first-order valence-electron chi connectivity index (χ1n) is 17.7. The van der Waals surface area contributed by atoms with Crippen molar-refractivity contribution < 1.29 is 4.42 Å². The molecule has 0 aliphatic carbocycles. The van der Waals surface area contributed by atoms with Gasteiger partial charge in [-0.25, -0.2) is 0 Å². The normalized spacial score (nSPS) is 12.2. The molecule has 52 heavy (non-hydrogen) atoms. The van der Waals surface area contributed by atoms with Gasteiger partial charge in [-0.3, -0.25) is 0 Å². The molecule has 12 rings (SSSR count). The molecule has 0 unspecified atom stereocenters. The Balaban J connectivity index is 1.14. The highest BCUT2D eigenvalue weighted by Gasteiger charge is 2.21. The van der Waals surface area contributed by atoms with Crippen LogP contribution in [-0.4, -0.2) is 9.13 Å². The molecule has 0 fully saturated rings. The molecular weight excluding hydrogens is 653 g/mol. The number of para-hydroxylation sites is 3. The molecule has 242 valence electrons. The van der Waals surface area contributed by atoms with E-state index in [0.29, 0.717) is 0 Å². The fraction of sp³-hybridized carbons (Fsp3) is 0. The molecule has 12 aromatic rings. The molecule has 0 bridgehead atoms. The number of nitrogens with zero attached hydrogens (tertiary/aromatic N) is 2. The van der Waals surface area contributed by atoms with Crippen LogP contribution < -0.4 is 0 Å². The van der Waals surface area contributed by atoms with Crippen LogP contribution in [0.15, 0.2) is 174 Å². The number of aromatic nitrogens is 2. The van der Waals surface area contributed by atoms with Gasteiger partial charge in [0, 0.05) is 58.5 Å². The summed E-state index contributed by atoms with van der Waals surface area (Å²) < 4.78 is 14.2. The molecule has 0 saturated heterocycles. The number of fused-ring (bicyclic) bond motifs is 13. The van der Waals surface area contributed by atoms with E-state index in [9.17, 15) is 0 Å². The molecule has 0 atom stereocenters. The Labute approximate surface area is 301 Å². The van der Waals surface area contributed by atoms with Crippen molar-refractivity contribution in [3.63, 3.8) is 0 Å². The summed E-state index contributed by atoms with van der Waals surface area (Å²) in [7, 11) is 0. The Morgan fingerprint density at radius 2 is 1.00 bits per heavy atom. The van der Waals surface area contributed by atoms with Crippen molar-refractivity contribution in [2.75, 3.05) is 0 Å². The SMILES string of the molecule is c1cc(-c2ccc3sc4ccccc4c3c2)cc(-n2c3ccc(-n4c5ccccc5c5ccccc54)cc3c3c4oc5ccccc5c4ccc32)c1. The van der Waals surface area contributed by atoms with E-state index in [-0.39, 0.29) is 0 Å². The third kappa shape index (κ3) is 3.84. The second-order valence-electron chi connectivity index (χ2n) is 13.7. The fourth-order valence-corrected chi connectivity index (χ4v) is 9.71. The highest BCUT2D eigenvalue weighted by Crippen LogP contribution is 2.43. The second-order valence-corrected chi connectivity index (χ2v) is 14.8. The molecule has 4 heteroatoms. The van der Waals surface area contributed by atoms with Crippen LogP contribution in [0.4, 0.5) is 0 Å². The predicted octanol–water partition coefficient (Wildman–Crippen LogP) is 13.8. The highest BCUT2D eigenvalue weighted by molar-refractivity contribution is 7.25. The van der Waals surface area contributed by atoms with Crippen LogP contribution in [0.3, 0.4) is 0 Å². The van der Waals surface area contributed by atoms with Crippen LogP contribution in [-0.2, 0) is 0 Å². The van der Waals surface area contributed by atoms with Crippen LogP contribution >= 0.6 is 11.3 Å². The van der Waals surface area contributed by atoms with Gasteiger partial charge in [-0.15, -0.1) is 11.3 Å². The summed E-state index contributed by atoms with van der Waals surface area (Å²) in [6.07, 6.45) is 0. The number of benzene rings is 8. The highest BCUT2D eigenvalue weighted by atomic mass is 32.1. The summed E-state index contributed by atoms with van der Waals surface area (Å²) in [5, 5.41) is 9.70. The number of hydrogen-bond acceptors (Lipinski definition) is 2. The van der Waals surface area contributed by atoms with Crippen molar-refractivity contribution in [2.45, 2.75) is 0 Å². The maximum Gasteiger partial charge on any atom is 0.145 e. The van der Waals surface area contributed by atoms with Crippen molar-refractivity contribution in [3.05, 3.63) is 170 Å². The lowest BCUT2D eigenvalue weighted by Crippen LogP contribution is -1.96. The molecule has 3 nitrogen and oxygen atoms in total. The summed E-state index contributed by atoms with van der Waals surface area (Å²) in [5.41, 5.74) is 11.1. The number of thiophene rings is 1. The third-order valence-corrected chi connectivity index (χ3v) is 12.1. The monoisotopic (exact) mass is 680 g/mol. The fourth-order valence-electron chi connectivity index (χ4n) is 8.62. The van der Waals surface area contributed by atoms with E-state index in [1.54, 1.807) is 0 Å². The smallest absolute Gasteiger partial charge is 0.145 e. The molecule has 0 spiro atoms. The van der Waals surface area contributed by atoms with E-state index in [2.05, 4.69) is 173 Å². The summed E-state index contributed by atoms with van der Waals surface area (Å²) in [4.78, 5) is 0. The van der Waals surface area contributed by atoms with Crippen LogP contribution in [0.25, 0.3) is 108 Å². The van der Waals surface area contributed by atoms with Gasteiger partial charge in [0.05, 0.1) is 27.5 Å². The van der Waals surface area contributed by atoms with Crippen molar-refractivity contribution >= 4 is 97.1 Å². The van der Waals surface area contributed by atoms with Crippen molar-refractivity contribution in [1.82, 2.24) is 9.13 Å². The zero-order valence-electron chi connectivity index (χ0n) is 27.9. The standard InChI is InChI=1S/C48H28N2OS/c1-5-16-40-33(12-1)34-13-2-6-17-41(34)49(40)32-21-23-42-39(28-32)47-43(24-22-37-35-14-3-7-18-44(35)51-48(37)47)50(42)31-11-9-10-29(26-31)30-20-25-46-38(27-30)36-15-4-8-19-45(36)52-46/h1-28H. The Morgan fingerprint density at radius 3 is 1.85 bits per heavy atom. The topological polar surface area (TPSA) is 23.0 Å². The quantitative estimate of drug-likeness (QED) is 0.182. The molecule has 0 aliphatic rings. The average Bonchev–Trinajstić information content (AvgIpc) is 3.95. The minimum absolute atomic E-state index is 0.905. The van der Waals surface area contributed by atoms with Gasteiger partial charge in [-0.05, 0) is 90.0 Å². The molecule has 0 amide bonds. The van der Waals surface area contributed by atoms with Gasteiger partial charge in [0.25, 0.3) is 0 Å². The minimum atomic E-state index is 0.905. The van der Waals surface area contributed by atoms with Gasteiger partial charge in [-0.2, -0.15) is 0 Å². The van der Waals surface area contributed by atoms with E-state index in [0.717, 1.165) is 55.1 Å². The van der Waals surface area contributed by atoms with E-state index in [1.807, 2.05) is 17.4 Å². The summed E-state index contributed by atoms with van der Waals surface area (Å²) in [6.45, 7) is 0. The number of rotatable bonds is 3. The Hall–Kier alpha value is -6.62. The van der Waals surface area contributed by atoms with Gasteiger partial charge in [0.15, 0.2) is 0 Å². The largest absolute Gasteiger partial charge is 0.455 e. The number of furan rings is 1. The van der Waals surface area contributed by atoms with E-state index >= 15 is 0 Å². The number of hydrogen-bond donors (Lipinski definition) is 0. The Morgan fingerprint density at radius 1 is 0.365 bits per heavy atom. The molecule has 8 aromatic carbocycles. The van der Waals surface area contributed by atoms with Crippen molar-refractivity contribution in [3.8, 4) is 22.5 Å². The molecule has 4 aromatic heterocycles. The summed E-state index contributed by atoms with van der Waals surface area (Å²) in [6, 6.07) is 61.8. The maximum absolute atomic E-state index is 6.74. The zero-order chi connectivity index (χ0) is 33.9. The van der Waals surface area contributed by atoms with Crippen molar-refractivity contribution in [1.29, 1.82) is 0 Å². The first-order chi connectivity index (χ1) is 25.8. The first-order valence-corrected chi connectivity index (χ1v) is 18.5. The van der Waals surface area contributed by atoms with E-state index < -0.39 is 0 Å². The van der Waals surface area contributed by atoms with Crippen molar-refractivity contribution in [2.24, 2.45) is 0 Å². The van der Waals surface area contributed by atoms with E-state index in [4.69, 9.17) is 4.42 Å². The van der Waals surface area contributed by atoms with Gasteiger partial charge < -0.3 is 13.6 Å². The Bertz CT molecular complexity index is 3370. The summed E-state index contributed by atoms with van der Waals surface area (Å²) in [5.74, 6) is 0. The molecule has 0 aliphatic heterocycles. The zero-order valence-corrected chi connectivity index (χ0v) is 28.7. The van der Waals surface area contributed by atoms with Crippen LogP contribution in [0, 0.1) is 0 Å². The van der Waals surface area contributed by atoms with Gasteiger partial charge in [0.2, 0.25) is 0 Å². The van der Waals surface area contributed by atoms with Crippen LogP contribution in [0.1, 0.15) is 0 Å². The van der Waals surface area contributed by atoms with E-state index in [1.165, 1.54) is 53.1 Å².